The lowest BCUT2D eigenvalue weighted by atomic mass is 9.89. The summed E-state index contributed by atoms with van der Waals surface area (Å²) in [5, 5.41) is 9.02. The van der Waals surface area contributed by atoms with Gasteiger partial charge in [0.05, 0.1) is 5.92 Å². The van der Waals surface area contributed by atoms with Crippen LogP contribution in [0.4, 0.5) is 0 Å². The first-order chi connectivity index (χ1) is 7.35. The highest BCUT2D eigenvalue weighted by Gasteiger charge is 2.54. The molecule has 2 aliphatic heterocycles. The van der Waals surface area contributed by atoms with Crippen LogP contribution in [0.2, 0.25) is 0 Å². The van der Waals surface area contributed by atoms with Gasteiger partial charge in [0, 0.05) is 26.2 Å². The molecule has 7 heteroatoms. The van der Waals surface area contributed by atoms with Gasteiger partial charge in [-0.2, -0.15) is 17.0 Å². The van der Waals surface area contributed by atoms with Gasteiger partial charge in [-0.05, 0) is 19.3 Å². The molecule has 16 heavy (non-hydrogen) atoms. The van der Waals surface area contributed by atoms with Crippen molar-refractivity contribution in [3.63, 3.8) is 0 Å². The van der Waals surface area contributed by atoms with E-state index in [-0.39, 0.29) is 12.1 Å². The van der Waals surface area contributed by atoms with Gasteiger partial charge in [-0.15, -0.1) is 0 Å². The first-order valence-electron chi connectivity index (χ1n) is 5.29. The fourth-order valence-corrected chi connectivity index (χ4v) is 4.29. The Morgan fingerprint density at radius 3 is 2.44 bits per heavy atom. The van der Waals surface area contributed by atoms with E-state index in [0.717, 1.165) is 10.7 Å². The van der Waals surface area contributed by atoms with Crippen LogP contribution in [0.15, 0.2) is 0 Å². The van der Waals surface area contributed by atoms with Crippen LogP contribution in [0, 0.1) is 5.92 Å². The number of carboxylic acid groups (broad SMARTS) is 1. The molecule has 1 N–H and O–H groups in total. The highest BCUT2D eigenvalue weighted by Crippen LogP contribution is 2.43. The van der Waals surface area contributed by atoms with Crippen LogP contribution in [-0.4, -0.2) is 54.3 Å². The molecule has 0 aromatic carbocycles. The lowest BCUT2D eigenvalue weighted by molar-refractivity contribution is -0.142. The van der Waals surface area contributed by atoms with E-state index in [1.807, 2.05) is 0 Å². The molecule has 92 valence electrons. The summed E-state index contributed by atoms with van der Waals surface area (Å²) in [4.78, 5) is 11.0. The average Bonchev–Trinajstić information content (AvgIpc) is 2.73. The molecule has 2 fully saturated rings. The highest BCUT2D eigenvalue weighted by molar-refractivity contribution is 7.86. The van der Waals surface area contributed by atoms with Gasteiger partial charge in [-0.1, -0.05) is 0 Å². The predicted octanol–water partition coefficient (Wildman–Crippen LogP) is -0.270. The van der Waals surface area contributed by atoms with Gasteiger partial charge >= 0.3 is 5.97 Å². The van der Waals surface area contributed by atoms with Crippen molar-refractivity contribution in [1.29, 1.82) is 0 Å². The Morgan fingerprint density at radius 1 is 1.38 bits per heavy atom. The Balaban J connectivity index is 2.30. The Hall–Kier alpha value is -0.660. The summed E-state index contributed by atoms with van der Waals surface area (Å²) in [6.07, 6.45) is 1.89. The zero-order valence-corrected chi connectivity index (χ0v) is 10.1. The average molecular weight is 248 g/mol. The van der Waals surface area contributed by atoms with Gasteiger partial charge < -0.3 is 5.11 Å². The minimum Gasteiger partial charge on any atom is -0.481 e. The summed E-state index contributed by atoms with van der Waals surface area (Å²) in [5.41, 5.74) is 0. The van der Waals surface area contributed by atoms with Crippen LogP contribution in [0.25, 0.3) is 0 Å². The van der Waals surface area contributed by atoms with Crippen LogP contribution in [0.3, 0.4) is 0 Å². The van der Waals surface area contributed by atoms with E-state index in [4.69, 9.17) is 5.11 Å². The summed E-state index contributed by atoms with van der Waals surface area (Å²) in [6.45, 7) is 0. The second-order valence-corrected chi connectivity index (χ2v) is 6.65. The summed E-state index contributed by atoms with van der Waals surface area (Å²) in [5.74, 6) is -1.42. The van der Waals surface area contributed by atoms with Gasteiger partial charge in [0.15, 0.2) is 0 Å². The fourth-order valence-electron chi connectivity index (χ4n) is 2.75. The van der Waals surface area contributed by atoms with Crippen LogP contribution in [0.5, 0.6) is 0 Å². The maximum atomic E-state index is 12.0. The number of carbonyl (C=O) groups is 1. The van der Waals surface area contributed by atoms with E-state index < -0.39 is 22.1 Å². The lowest BCUT2D eigenvalue weighted by Gasteiger charge is -2.25. The maximum absolute atomic E-state index is 12.0. The largest absolute Gasteiger partial charge is 0.481 e. The standard InChI is InChI=1S/C9H16N2O4S/c1-10(2)16(14,15)11-6-3-4-8(11)7(5-6)9(12)13/h6-8H,3-5H2,1-2H3,(H,12,13). The number of hydrogen-bond acceptors (Lipinski definition) is 3. The van der Waals surface area contributed by atoms with Gasteiger partial charge in [-0.3, -0.25) is 4.79 Å². The van der Waals surface area contributed by atoms with Crippen molar-refractivity contribution in [2.75, 3.05) is 14.1 Å². The van der Waals surface area contributed by atoms with Crippen molar-refractivity contribution in [2.24, 2.45) is 5.92 Å². The monoisotopic (exact) mass is 248 g/mol. The molecular formula is C9H16N2O4S. The number of fused-ring (bicyclic) bond motifs is 2. The van der Waals surface area contributed by atoms with Gasteiger partial charge in [0.1, 0.15) is 0 Å². The van der Waals surface area contributed by atoms with Crippen molar-refractivity contribution in [2.45, 2.75) is 31.3 Å². The van der Waals surface area contributed by atoms with Crippen molar-refractivity contribution in [3.8, 4) is 0 Å². The fraction of sp³-hybridized carbons (Fsp3) is 0.889. The molecule has 0 spiro atoms. The molecule has 6 nitrogen and oxygen atoms in total. The summed E-state index contributed by atoms with van der Waals surface area (Å²) in [7, 11) is -0.525. The second-order valence-electron chi connectivity index (χ2n) is 4.60. The van der Waals surface area contributed by atoms with E-state index in [1.165, 1.54) is 18.4 Å². The topological polar surface area (TPSA) is 77.9 Å². The van der Waals surface area contributed by atoms with Gasteiger partial charge in [0.2, 0.25) is 0 Å². The molecule has 2 rings (SSSR count). The molecule has 0 saturated carbocycles. The zero-order valence-electron chi connectivity index (χ0n) is 9.33. The third kappa shape index (κ3) is 1.54. The Labute approximate surface area is 95.0 Å². The van der Waals surface area contributed by atoms with Gasteiger partial charge in [-0.25, -0.2) is 0 Å². The predicted molar refractivity (Wildman–Crippen MR) is 57.0 cm³/mol. The third-order valence-electron chi connectivity index (χ3n) is 3.52. The molecular weight excluding hydrogens is 232 g/mol. The highest BCUT2D eigenvalue weighted by atomic mass is 32.2. The molecule has 3 unspecified atom stereocenters. The minimum atomic E-state index is -3.48. The van der Waals surface area contributed by atoms with E-state index in [9.17, 15) is 13.2 Å². The van der Waals surface area contributed by atoms with Crippen LogP contribution in [-0.2, 0) is 15.0 Å². The first kappa shape index (κ1) is 11.8. The maximum Gasteiger partial charge on any atom is 0.308 e. The number of hydrogen-bond donors (Lipinski definition) is 1. The molecule has 0 aliphatic carbocycles. The Morgan fingerprint density at radius 2 is 2.00 bits per heavy atom. The van der Waals surface area contributed by atoms with Crippen molar-refractivity contribution in [1.82, 2.24) is 8.61 Å². The Kier molecular flexibility index (Phi) is 2.72. The van der Waals surface area contributed by atoms with Crippen molar-refractivity contribution >= 4 is 16.2 Å². The second kappa shape index (κ2) is 3.68. The molecule has 0 amide bonds. The molecule has 0 radical (unpaired) electrons. The first-order valence-corrected chi connectivity index (χ1v) is 6.69. The Bertz CT molecular complexity index is 406. The van der Waals surface area contributed by atoms with Crippen molar-refractivity contribution in [3.05, 3.63) is 0 Å². The SMILES string of the molecule is CN(C)S(=O)(=O)N1C2CCC1C(C(=O)O)C2. The molecule has 0 aromatic rings. The molecule has 3 atom stereocenters. The summed E-state index contributed by atoms with van der Waals surface area (Å²) in [6, 6.07) is -0.478. The lowest BCUT2D eigenvalue weighted by Crippen LogP contribution is -2.44. The number of carboxylic acids is 1. The van der Waals surface area contributed by atoms with E-state index >= 15 is 0 Å². The van der Waals surface area contributed by atoms with Crippen LogP contribution < -0.4 is 0 Å². The quantitative estimate of drug-likeness (QED) is 0.746. The molecule has 2 saturated heterocycles. The third-order valence-corrected chi connectivity index (χ3v) is 5.54. The van der Waals surface area contributed by atoms with E-state index in [0.29, 0.717) is 12.8 Å². The van der Waals surface area contributed by atoms with E-state index in [2.05, 4.69) is 0 Å². The molecule has 0 aromatic heterocycles. The number of rotatable bonds is 3. The minimum absolute atomic E-state index is 0.126. The summed E-state index contributed by atoms with van der Waals surface area (Å²) >= 11 is 0. The smallest absolute Gasteiger partial charge is 0.308 e. The molecule has 2 aliphatic rings. The normalized spacial score (nSPS) is 34.8. The summed E-state index contributed by atoms with van der Waals surface area (Å²) < 4.78 is 26.6. The number of nitrogens with zero attached hydrogens (tertiary/aromatic N) is 2. The number of aliphatic carboxylic acids is 1. The molecule has 2 bridgehead atoms. The van der Waals surface area contributed by atoms with Gasteiger partial charge in [0.25, 0.3) is 10.2 Å². The van der Waals surface area contributed by atoms with Crippen LogP contribution >= 0.6 is 0 Å². The molecule has 2 heterocycles. The van der Waals surface area contributed by atoms with E-state index in [1.54, 1.807) is 0 Å². The zero-order chi connectivity index (χ0) is 12.1. The van der Waals surface area contributed by atoms with Crippen molar-refractivity contribution < 1.29 is 18.3 Å². The van der Waals surface area contributed by atoms with Crippen LogP contribution in [0.1, 0.15) is 19.3 Å².